The quantitative estimate of drug-likeness (QED) is 0.912. The summed E-state index contributed by atoms with van der Waals surface area (Å²) in [5, 5.41) is 9.35. The van der Waals surface area contributed by atoms with Gasteiger partial charge in [0.05, 0.1) is 11.4 Å². The molecule has 124 valence electrons. The first-order valence-corrected chi connectivity index (χ1v) is 8.77. The third-order valence-electron chi connectivity index (χ3n) is 3.81. The summed E-state index contributed by atoms with van der Waals surface area (Å²) in [5.41, 5.74) is -0.513. The fourth-order valence-electron chi connectivity index (χ4n) is 2.34. The molecule has 3 rings (SSSR count). The van der Waals surface area contributed by atoms with Crippen molar-refractivity contribution < 1.29 is 4.79 Å². The first-order chi connectivity index (χ1) is 10.9. The van der Waals surface area contributed by atoms with Gasteiger partial charge in [0.2, 0.25) is 5.91 Å². The highest BCUT2D eigenvalue weighted by molar-refractivity contribution is 7.13. The van der Waals surface area contributed by atoms with E-state index in [1.54, 1.807) is 15.9 Å². The van der Waals surface area contributed by atoms with Gasteiger partial charge in [0.15, 0.2) is 5.82 Å². The van der Waals surface area contributed by atoms with Gasteiger partial charge in [-0.3, -0.25) is 9.36 Å². The van der Waals surface area contributed by atoms with E-state index in [2.05, 4.69) is 10.4 Å². The van der Waals surface area contributed by atoms with Crippen molar-refractivity contribution in [2.24, 2.45) is 5.41 Å². The predicted molar refractivity (Wildman–Crippen MR) is 90.5 cm³/mol. The van der Waals surface area contributed by atoms with Gasteiger partial charge in [0.1, 0.15) is 0 Å². The second kappa shape index (κ2) is 5.96. The van der Waals surface area contributed by atoms with Gasteiger partial charge in [-0.2, -0.15) is 0 Å². The van der Waals surface area contributed by atoms with Gasteiger partial charge in [-0.25, -0.2) is 9.48 Å². The molecule has 0 spiro atoms. The van der Waals surface area contributed by atoms with E-state index in [4.69, 9.17) is 0 Å². The molecule has 0 aliphatic heterocycles. The Morgan fingerprint density at radius 3 is 2.74 bits per heavy atom. The molecule has 1 N–H and O–H groups in total. The largest absolute Gasteiger partial charge is 0.354 e. The molecule has 2 aromatic rings. The molecule has 1 amide bonds. The maximum atomic E-state index is 12.6. The SMILES string of the molecule is CC(C)(C)C(=O)NCCn1nc(-c2cccs2)n(C2CC2)c1=O. The van der Waals surface area contributed by atoms with E-state index in [9.17, 15) is 9.59 Å². The topological polar surface area (TPSA) is 68.9 Å². The summed E-state index contributed by atoms with van der Waals surface area (Å²) in [7, 11) is 0. The fraction of sp³-hybridized carbons (Fsp3) is 0.562. The highest BCUT2D eigenvalue weighted by Crippen LogP contribution is 2.37. The van der Waals surface area contributed by atoms with Crippen LogP contribution in [0.25, 0.3) is 10.7 Å². The lowest BCUT2D eigenvalue weighted by atomic mass is 9.96. The number of hydrogen-bond donors (Lipinski definition) is 1. The Labute approximate surface area is 139 Å². The van der Waals surface area contributed by atoms with Crippen LogP contribution in [-0.2, 0) is 11.3 Å². The predicted octanol–water partition coefficient (Wildman–Crippen LogP) is 2.27. The number of hydrogen-bond acceptors (Lipinski definition) is 4. The van der Waals surface area contributed by atoms with Crippen molar-refractivity contribution in [1.29, 1.82) is 0 Å². The minimum absolute atomic E-state index is 0.0225. The molecule has 1 aliphatic rings. The molecule has 0 saturated heterocycles. The molecule has 0 radical (unpaired) electrons. The highest BCUT2D eigenvalue weighted by Gasteiger charge is 2.30. The van der Waals surface area contributed by atoms with E-state index in [0.29, 0.717) is 13.1 Å². The lowest BCUT2D eigenvalue weighted by Crippen LogP contribution is -2.38. The molecule has 2 heterocycles. The molecule has 1 fully saturated rings. The number of aromatic nitrogens is 3. The van der Waals surface area contributed by atoms with E-state index in [-0.39, 0.29) is 17.6 Å². The normalized spacial score (nSPS) is 14.9. The van der Waals surface area contributed by atoms with Gasteiger partial charge < -0.3 is 5.32 Å². The molecular weight excluding hydrogens is 312 g/mol. The second-order valence-corrected chi connectivity index (χ2v) is 7.86. The van der Waals surface area contributed by atoms with Gasteiger partial charge in [0, 0.05) is 18.0 Å². The Balaban J connectivity index is 1.77. The van der Waals surface area contributed by atoms with Crippen molar-refractivity contribution in [3.63, 3.8) is 0 Å². The summed E-state index contributed by atoms with van der Waals surface area (Å²) in [6, 6.07) is 4.22. The first kappa shape index (κ1) is 16.0. The molecule has 1 saturated carbocycles. The number of amides is 1. The second-order valence-electron chi connectivity index (χ2n) is 6.91. The van der Waals surface area contributed by atoms with Crippen LogP contribution in [0.4, 0.5) is 0 Å². The molecule has 7 heteroatoms. The molecule has 2 aromatic heterocycles. The average Bonchev–Trinajstić information content (AvgIpc) is 3.06. The first-order valence-electron chi connectivity index (χ1n) is 7.89. The number of carbonyl (C=O) groups is 1. The smallest absolute Gasteiger partial charge is 0.346 e. The Kier molecular flexibility index (Phi) is 4.14. The summed E-state index contributed by atoms with van der Waals surface area (Å²) in [6.07, 6.45) is 2.06. The van der Waals surface area contributed by atoms with E-state index in [1.165, 1.54) is 4.68 Å². The van der Waals surface area contributed by atoms with E-state index >= 15 is 0 Å². The zero-order chi connectivity index (χ0) is 16.6. The van der Waals surface area contributed by atoms with Gasteiger partial charge in [0.25, 0.3) is 0 Å². The third kappa shape index (κ3) is 3.39. The Bertz CT molecular complexity index is 748. The van der Waals surface area contributed by atoms with Crippen LogP contribution in [0.15, 0.2) is 22.3 Å². The van der Waals surface area contributed by atoms with Crippen LogP contribution >= 0.6 is 11.3 Å². The van der Waals surface area contributed by atoms with Crippen molar-refractivity contribution in [3.05, 3.63) is 28.0 Å². The number of carbonyl (C=O) groups excluding carboxylic acids is 1. The van der Waals surface area contributed by atoms with Crippen LogP contribution in [0, 0.1) is 5.41 Å². The van der Waals surface area contributed by atoms with E-state index < -0.39 is 5.41 Å². The summed E-state index contributed by atoms with van der Waals surface area (Å²) < 4.78 is 3.27. The van der Waals surface area contributed by atoms with Gasteiger partial charge >= 0.3 is 5.69 Å². The molecule has 0 unspecified atom stereocenters. The maximum absolute atomic E-state index is 12.6. The van der Waals surface area contributed by atoms with Gasteiger partial charge in [-0.1, -0.05) is 26.8 Å². The monoisotopic (exact) mass is 334 g/mol. The van der Waals surface area contributed by atoms with Gasteiger partial charge in [-0.05, 0) is 24.3 Å². The van der Waals surface area contributed by atoms with Crippen LogP contribution in [-0.4, -0.2) is 26.8 Å². The number of thiophene rings is 1. The Hall–Kier alpha value is -1.89. The minimum Gasteiger partial charge on any atom is -0.354 e. The number of nitrogens with one attached hydrogen (secondary N) is 1. The van der Waals surface area contributed by atoms with E-state index in [0.717, 1.165) is 23.5 Å². The average molecular weight is 334 g/mol. The highest BCUT2D eigenvalue weighted by atomic mass is 32.1. The molecule has 6 nitrogen and oxygen atoms in total. The third-order valence-corrected chi connectivity index (χ3v) is 4.68. The van der Waals surface area contributed by atoms with Crippen LogP contribution in [0.5, 0.6) is 0 Å². The van der Waals surface area contributed by atoms with Crippen molar-refractivity contribution in [2.45, 2.75) is 46.2 Å². The molecule has 0 atom stereocenters. The zero-order valence-electron chi connectivity index (χ0n) is 13.7. The lowest BCUT2D eigenvalue weighted by molar-refractivity contribution is -0.128. The molecule has 0 aromatic carbocycles. The summed E-state index contributed by atoms with van der Waals surface area (Å²) >= 11 is 1.58. The van der Waals surface area contributed by atoms with Crippen molar-refractivity contribution in [3.8, 4) is 10.7 Å². The standard InChI is InChI=1S/C16H22N4O2S/c1-16(2,3)14(21)17-8-9-19-15(22)20(11-6-7-11)13(18-19)12-5-4-10-23-12/h4-5,10-11H,6-9H2,1-3H3,(H,17,21). The van der Waals surface area contributed by atoms with Crippen LogP contribution in [0.3, 0.4) is 0 Å². The summed E-state index contributed by atoms with van der Waals surface area (Å²) in [4.78, 5) is 25.5. The maximum Gasteiger partial charge on any atom is 0.346 e. The fourth-order valence-corrected chi connectivity index (χ4v) is 3.05. The molecule has 23 heavy (non-hydrogen) atoms. The molecular formula is C16H22N4O2S. The van der Waals surface area contributed by atoms with Crippen molar-refractivity contribution in [1.82, 2.24) is 19.7 Å². The van der Waals surface area contributed by atoms with Crippen LogP contribution < -0.4 is 11.0 Å². The Morgan fingerprint density at radius 1 is 1.43 bits per heavy atom. The number of rotatable bonds is 5. The van der Waals surface area contributed by atoms with Crippen molar-refractivity contribution >= 4 is 17.2 Å². The van der Waals surface area contributed by atoms with Gasteiger partial charge in [-0.15, -0.1) is 16.4 Å². The summed E-state index contributed by atoms with van der Waals surface area (Å²) in [6.45, 7) is 6.39. The van der Waals surface area contributed by atoms with Crippen LogP contribution in [0.1, 0.15) is 39.7 Å². The Morgan fingerprint density at radius 2 is 2.17 bits per heavy atom. The lowest BCUT2D eigenvalue weighted by Gasteiger charge is -2.17. The van der Waals surface area contributed by atoms with E-state index in [1.807, 2.05) is 38.3 Å². The van der Waals surface area contributed by atoms with Crippen LogP contribution in [0.2, 0.25) is 0 Å². The number of nitrogens with zero attached hydrogens (tertiary/aromatic N) is 3. The molecule has 0 bridgehead atoms. The summed E-state index contributed by atoms with van der Waals surface area (Å²) in [5.74, 6) is 0.723. The zero-order valence-corrected chi connectivity index (χ0v) is 14.5. The minimum atomic E-state index is -0.430. The molecule has 1 aliphatic carbocycles. The van der Waals surface area contributed by atoms with Crippen molar-refractivity contribution in [2.75, 3.05) is 6.54 Å².